The fourth-order valence-electron chi connectivity index (χ4n) is 1.70. The van der Waals surface area contributed by atoms with Gasteiger partial charge in [0.25, 0.3) is 0 Å². The van der Waals surface area contributed by atoms with E-state index in [1.807, 2.05) is 0 Å². The number of nitrogens with zero attached hydrogens (tertiary/aromatic N) is 1. The average Bonchev–Trinajstić information content (AvgIpc) is 2.77. The van der Waals surface area contributed by atoms with E-state index in [1.165, 1.54) is 6.92 Å². The van der Waals surface area contributed by atoms with Gasteiger partial charge in [0.05, 0.1) is 12.8 Å². The van der Waals surface area contributed by atoms with Gasteiger partial charge < -0.3 is 9.84 Å². The van der Waals surface area contributed by atoms with Crippen molar-refractivity contribution in [3.05, 3.63) is 11.4 Å². The van der Waals surface area contributed by atoms with E-state index in [-0.39, 0.29) is 11.6 Å². The van der Waals surface area contributed by atoms with Crippen LogP contribution in [-0.2, 0) is 19.6 Å². The highest BCUT2D eigenvalue weighted by Gasteiger charge is 2.34. The number of H-pyrrole nitrogens is 1. The monoisotopic (exact) mass is 319 g/mol. The van der Waals surface area contributed by atoms with Crippen LogP contribution >= 0.6 is 0 Å². The van der Waals surface area contributed by atoms with Crippen molar-refractivity contribution in [2.75, 3.05) is 7.11 Å². The maximum Gasteiger partial charge on any atom is 0.357 e. The second kappa shape index (κ2) is 6.22. The first-order valence-corrected chi connectivity index (χ1v) is 7.48. The predicted octanol–water partition coefficient (Wildman–Crippen LogP) is -0.108. The molecule has 9 nitrogen and oxygen atoms in total. The third-order valence-corrected chi connectivity index (χ3v) is 4.37. The number of carboxylic acid groups (broad SMARTS) is 1. The normalized spacial score (nSPS) is 13.2. The summed E-state index contributed by atoms with van der Waals surface area (Å²) >= 11 is 0. The van der Waals surface area contributed by atoms with Gasteiger partial charge in [0.15, 0.2) is 5.69 Å². The molecular formula is C11H17N3O6S. The first kappa shape index (κ1) is 17.1. The average molecular weight is 319 g/mol. The van der Waals surface area contributed by atoms with Crippen LogP contribution in [0.3, 0.4) is 0 Å². The van der Waals surface area contributed by atoms with E-state index in [4.69, 9.17) is 5.11 Å². The topological polar surface area (TPSA) is 138 Å². The van der Waals surface area contributed by atoms with Crippen molar-refractivity contribution in [3.63, 3.8) is 0 Å². The maximum absolute atomic E-state index is 12.3. The van der Waals surface area contributed by atoms with Crippen LogP contribution in [0.25, 0.3) is 0 Å². The Hall–Kier alpha value is -1.94. The number of carbonyl (C=O) groups is 2. The lowest BCUT2D eigenvalue weighted by atomic mass is 10.1. The van der Waals surface area contributed by atoms with Gasteiger partial charge in [0, 0.05) is 0 Å². The molecule has 0 aliphatic heterocycles. The van der Waals surface area contributed by atoms with Crippen molar-refractivity contribution < 1.29 is 27.9 Å². The van der Waals surface area contributed by atoms with Crippen LogP contribution in [0, 0.1) is 12.8 Å². The summed E-state index contributed by atoms with van der Waals surface area (Å²) in [6.07, 6.45) is 0. The Labute approximate surface area is 121 Å². The standard InChI is InChI=1S/C11H17N3O6S/c1-5(2)7(11(17)20-4)14-21(18,19)9-6(3)12-13-8(9)10(15)16/h5,7,14H,1-4H3,(H,12,13)(H,15,16)/t7-/m0/s1. The highest BCUT2D eigenvalue weighted by molar-refractivity contribution is 7.89. The lowest BCUT2D eigenvalue weighted by molar-refractivity contribution is -0.143. The Kier molecular flexibility index (Phi) is 5.07. The lowest BCUT2D eigenvalue weighted by Gasteiger charge is -2.19. The number of aryl methyl sites for hydroxylation is 1. The number of hydrogen-bond acceptors (Lipinski definition) is 6. The van der Waals surface area contributed by atoms with Crippen molar-refractivity contribution >= 4 is 22.0 Å². The molecule has 0 bridgehead atoms. The van der Waals surface area contributed by atoms with E-state index in [1.54, 1.807) is 13.8 Å². The number of esters is 1. The number of aromatic carboxylic acids is 1. The van der Waals surface area contributed by atoms with E-state index < -0.39 is 38.6 Å². The molecule has 0 aliphatic rings. The summed E-state index contributed by atoms with van der Waals surface area (Å²) in [6.45, 7) is 4.63. The molecule has 1 aromatic rings. The maximum atomic E-state index is 12.3. The smallest absolute Gasteiger partial charge is 0.357 e. The number of rotatable bonds is 6. The number of aromatic amines is 1. The van der Waals surface area contributed by atoms with Gasteiger partial charge in [0.2, 0.25) is 10.0 Å². The van der Waals surface area contributed by atoms with E-state index in [9.17, 15) is 18.0 Å². The molecule has 0 unspecified atom stereocenters. The largest absolute Gasteiger partial charge is 0.476 e. The van der Waals surface area contributed by atoms with E-state index >= 15 is 0 Å². The quantitative estimate of drug-likeness (QED) is 0.622. The number of carboxylic acids is 1. The van der Waals surface area contributed by atoms with Crippen LogP contribution in [0.5, 0.6) is 0 Å². The molecular weight excluding hydrogens is 302 g/mol. The Morgan fingerprint density at radius 2 is 1.95 bits per heavy atom. The predicted molar refractivity (Wildman–Crippen MR) is 71.2 cm³/mol. The highest BCUT2D eigenvalue weighted by atomic mass is 32.2. The number of ether oxygens (including phenoxy) is 1. The number of sulfonamides is 1. The number of methoxy groups -OCH3 is 1. The Morgan fingerprint density at radius 1 is 1.38 bits per heavy atom. The summed E-state index contributed by atoms with van der Waals surface area (Å²) in [5.74, 6) is -2.63. The third kappa shape index (κ3) is 3.58. The molecule has 118 valence electrons. The summed E-state index contributed by atoms with van der Waals surface area (Å²) in [4.78, 5) is 22.1. The van der Waals surface area contributed by atoms with Crippen LogP contribution in [0.15, 0.2) is 4.90 Å². The van der Waals surface area contributed by atoms with Crippen LogP contribution < -0.4 is 4.72 Å². The van der Waals surface area contributed by atoms with E-state index in [0.717, 1.165) is 7.11 Å². The molecule has 0 saturated carbocycles. The van der Waals surface area contributed by atoms with Crippen LogP contribution in [0.1, 0.15) is 30.0 Å². The summed E-state index contributed by atoms with van der Waals surface area (Å²) < 4.78 is 31.4. The molecule has 3 N–H and O–H groups in total. The zero-order chi connectivity index (χ0) is 16.4. The zero-order valence-electron chi connectivity index (χ0n) is 12.0. The van der Waals surface area contributed by atoms with Gasteiger partial charge in [-0.15, -0.1) is 0 Å². The Balaban J connectivity index is 3.26. The number of aromatic nitrogens is 2. The van der Waals surface area contributed by atoms with Crippen molar-refractivity contribution in [2.45, 2.75) is 31.7 Å². The minimum atomic E-state index is -4.25. The molecule has 0 aromatic carbocycles. The molecule has 0 radical (unpaired) electrons. The van der Waals surface area contributed by atoms with Gasteiger partial charge >= 0.3 is 11.9 Å². The molecule has 0 fully saturated rings. The SMILES string of the molecule is COC(=O)[C@@H](NS(=O)(=O)c1c(C(=O)O)n[nH]c1C)C(C)C. The molecule has 1 aromatic heterocycles. The van der Waals surface area contributed by atoms with E-state index in [2.05, 4.69) is 19.7 Å². The van der Waals surface area contributed by atoms with Gasteiger partial charge in [0.1, 0.15) is 10.9 Å². The van der Waals surface area contributed by atoms with Crippen molar-refractivity contribution in [1.82, 2.24) is 14.9 Å². The minimum absolute atomic E-state index is 0.0623. The van der Waals surface area contributed by atoms with Crippen LogP contribution in [0.4, 0.5) is 0 Å². The summed E-state index contributed by atoms with van der Waals surface area (Å²) in [7, 11) is -3.11. The number of nitrogens with one attached hydrogen (secondary N) is 2. The molecule has 1 atom stereocenters. The molecule has 0 saturated heterocycles. The molecule has 21 heavy (non-hydrogen) atoms. The highest BCUT2D eigenvalue weighted by Crippen LogP contribution is 2.19. The molecule has 10 heteroatoms. The molecule has 1 rings (SSSR count). The van der Waals surface area contributed by atoms with E-state index in [0.29, 0.717) is 0 Å². The zero-order valence-corrected chi connectivity index (χ0v) is 12.8. The van der Waals surface area contributed by atoms with Crippen LogP contribution in [0.2, 0.25) is 0 Å². The molecule has 1 heterocycles. The Morgan fingerprint density at radius 3 is 2.38 bits per heavy atom. The first-order chi connectivity index (χ1) is 9.61. The van der Waals surface area contributed by atoms with Crippen molar-refractivity contribution in [1.29, 1.82) is 0 Å². The van der Waals surface area contributed by atoms with Gasteiger partial charge in [-0.1, -0.05) is 13.8 Å². The Bertz CT molecular complexity index is 649. The van der Waals surface area contributed by atoms with Gasteiger partial charge in [-0.3, -0.25) is 9.89 Å². The fraction of sp³-hybridized carbons (Fsp3) is 0.545. The molecule has 0 spiro atoms. The van der Waals surface area contributed by atoms with Crippen molar-refractivity contribution in [3.8, 4) is 0 Å². The number of hydrogen-bond donors (Lipinski definition) is 3. The second-order valence-corrected chi connectivity index (χ2v) is 6.35. The second-order valence-electron chi connectivity index (χ2n) is 4.70. The molecule has 0 aliphatic carbocycles. The summed E-state index contributed by atoms with van der Waals surface area (Å²) in [5, 5.41) is 14.7. The van der Waals surface area contributed by atoms with Crippen LogP contribution in [-0.4, -0.2) is 48.8 Å². The first-order valence-electron chi connectivity index (χ1n) is 6.00. The molecule has 0 amide bonds. The van der Waals surface area contributed by atoms with Crippen molar-refractivity contribution in [2.24, 2.45) is 5.92 Å². The summed E-state index contributed by atoms with van der Waals surface area (Å²) in [6, 6.07) is -1.13. The minimum Gasteiger partial charge on any atom is -0.476 e. The fourth-order valence-corrected chi connectivity index (χ4v) is 3.36. The number of carbonyl (C=O) groups excluding carboxylic acids is 1. The third-order valence-electron chi connectivity index (χ3n) is 2.77. The van der Waals surface area contributed by atoms with Gasteiger partial charge in [-0.25, -0.2) is 13.2 Å². The van der Waals surface area contributed by atoms with Gasteiger partial charge in [-0.2, -0.15) is 9.82 Å². The lowest BCUT2D eigenvalue weighted by Crippen LogP contribution is -2.45. The summed E-state index contributed by atoms with van der Waals surface area (Å²) in [5.41, 5.74) is -0.570. The van der Waals surface area contributed by atoms with Gasteiger partial charge in [-0.05, 0) is 12.8 Å².